The first-order valence-corrected chi connectivity index (χ1v) is 9.30. The van der Waals surface area contributed by atoms with E-state index in [4.69, 9.17) is 9.47 Å². The third-order valence-corrected chi connectivity index (χ3v) is 4.95. The molecule has 1 saturated carbocycles. The average Bonchev–Trinajstić information content (AvgIpc) is 3.07. The Kier molecular flexibility index (Phi) is 6.21. The average molecular weight is 367 g/mol. The fraction of sp³-hybridized carbons (Fsp3) is 0.611. The lowest BCUT2D eigenvalue weighted by Crippen LogP contribution is -2.43. The number of carbonyl (C=O) groups excluding carboxylic acids is 3. The first-order chi connectivity index (χ1) is 11.7. The number of hydrogen-bond donors (Lipinski definition) is 0. The molecule has 6 nitrogen and oxygen atoms in total. The highest BCUT2D eigenvalue weighted by atomic mass is 32.1. The number of esters is 1. The predicted octanol–water partition coefficient (Wildman–Crippen LogP) is 3.65. The Morgan fingerprint density at radius 2 is 1.80 bits per heavy atom. The van der Waals surface area contributed by atoms with Crippen LogP contribution in [-0.4, -0.2) is 47.5 Å². The molecule has 1 aliphatic rings. The van der Waals surface area contributed by atoms with Gasteiger partial charge in [-0.15, -0.1) is 11.3 Å². The summed E-state index contributed by atoms with van der Waals surface area (Å²) in [5.74, 6) is -1.39. The van der Waals surface area contributed by atoms with Crippen molar-refractivity contribution in [3.8, 4) is 0 Å². The van der Waals surface area contributed by atoms with E-state index >= 15 is 0 Å². The van der Waals surface area contributed by atoms with E-state index in [2.05, 4.69) is 0 Å². The highest BCUT2D eigenvalue weighted by Crippen LogP contribution is 2.26. The Balaban J connectivity index is 1.80. The SMILES string of the molecule is CN(C(=O)OC(C)(C)C)C1CCC(OC(=O)C(=O)c2cccs2)CC1. The Bertz CT molecular complexity index is 612. The summed E-state index contributed by atoms with van der Waals surface area (Å²) in [4.78, 5) is 38.0. The number of hydrogen-bond acceptors (Lipinski definition) is 6. The quantitative estimate of drug-likeness (QED) is 0.461. The largest absolute Gasteiger partial charge is 0.456 e. The summed E-state index contributed by atoms with van der Waals surface area (Å²) >= 11 is 1.22. The van der Waals surface area contributed by atoms with E-state index in [0.717, 1.165) is 0 Å². The minimum atomic E-state index is -0.800. The van der Waals surface area contributed by atoms with Crippen molar-refractivity contribution in [2.45, 2.75) is 64.2 Å². The normalized spacial score (nSPS) is 20.6. The van der Waals surface area contributed by atoms with E-state index in [0.29, 0.717) is 30.6 Å². The fourth-order valence-corrected chi connectivity index (χ4v) is 3.40. The molecule has 0 bridgehead atoms. The smallest absolute Gasteiger partial charge is 0.410 e. The molecule has 1 aliphatic carbocycles. The molecule has 1 fully saturated rings. The molecule has 1 aromatic heterocycles. The predicted molar refractivity (Wildman–Crippen MR) is 94.8 cm³/mol. The summed E-state index contributed by atoms with van der Waals surface area (Å²) in [5, 5.41) is 1.75. The van der Waals surface area contributed by atoms with Crippen molar-refractivity contribution in [1.82, 2.24) is 4.90 Å². The van der Waals surface area contributed by atoms with Crippen molar-refractivity contribution < 1.29 is 23.9 Å². The van der Waals surface area contributed by atoms with Crippen LogP contribution in [0.2, 0.25) is 0 Å². The molecule has 25 heavy (non-hydrogen) atoms. The summed E-state index contributed by atoms with van der Waals surface area (Å²) in [6, 6.07) is 3.39. The number of rotatable bonds is 4. The van der Waals surface area contributed by atoms with Crippen molar-refractivity contribution in [3.63, 3.8) is 0 Å². The molecule has 0 aliphatic heterocycles. The van der Waals surface area contributed by atoms with Crippen LogP contribution in [0.15, 0.2) is 17.5 Å². The summed E-state index contributed by atoms with van der Waals surface area (Å²) in [7, 11) is 1.73. The van der Waals surface area contributed by atoms with Gasteiger partial charge in [0.05, 0.1) is 4.88 Å². The zero-order valence-electron chi connectivity index (χ0n) is 15.1. The molecule has 0 atom stereocenters. The molecule has 1 heterocycles. The highest BCUT2D eigenvalue weighted by molar-refractivity contribution is 7.12. The van der Waals surface area contributed by atoms with E-state index in [1.807, 2.05) is 20.8 Å². The van der Waals surface area contributed by atoms with E-state index in [1.165, 1.54) is 11.3 Å². The molecule has 1 aromatic rings. The third kappa shape index (κ3) is 5.56. The second kappa shape index (κ2) is 7.99. The second-order valence-corrected chi connectivity index (χ2v) is 8.18. The minimum absolute atomic E-state index is 0.0535. The maximum atomic E-state index is 12.1. The summed E-state index contributed by atoms with van der Waals surface area (Å²) in [5.41, 5.74) is -0.528. The first-order valence-electron chi connectivity index (χ1n) is 8.42. The van der Waals surface area contributed by atoms with Gasteiger partial charge in [-0.1, -0.05) is 6.07 Å². The number of thiophene rings is 1. The van der Waals surface area contributed by atoms with Crippen molar-refractivity contribution in [2.75, 3.05) is 7.05 Å². The summed E-state index contributed by atoms with van der Waals surface area (Å²) < 4.78 is 10.7. The molecular formula is C18H25NO5S. The van der Waals surface area contributed by atoms with Crippen LogP contribution in [0, 0.1) is 0 Å². The number of carbonyl (C=O) groups is 3. The molecule has 0 unspecified atom stereocenters. The van der Waals surface area contributed by atoms with Gasteiger partial charge in [-0.05, 0) is 57.9 Å². The van der Waals surface area contributed by atoms with Gasteiger partial charge in [-0.2, -0.15) is 0 Å². The first kappa shape index (κ1) is 19.4. The van der Waals surface area contributed by atoms with E-state index in [9.17, 15) is 14.4 Å². The molecule has 0 saturated heterocycles. The molecule has 0 radical (unpaired) electrons. The van der Waals surface area contributed by atoms with Gasteiger partial charge in [0, 0.05) is 13.1 Å². The van der Waals surface area contributed by atoms with Crippen molar-refractivity contribution in [1.29, 1.82) is 0 Å². The lowest BCUT2D eigenvalue weighted by Gasteiger charge is -2.35. The standard InChI is InChI=1S/C18H25NO5S/c1-18(2,3)24-17(22)19(4)12-7-9-13(10-8-12)23-16(21)15(20)14-6-5-11-25-14/h5-6,11-13H,7-10H2,1-4H3. The Morgan fingerprint density at radius 3 is 2.32 bits per heavy atom. The summed E-state index contributed by atoms with van der Waals surface area (Å²) in [6.45, 7) is 5.50. The van der Waals surface area contributed by atoms with Crippen LogP contribution in [0.3, 0.4) is 0 Å². The second-order valence-electron chi connectivity index (χ2n) is 7.23. The Labute approximate surface area is 152 Å². The fourth-order valence-electron chi connectivity index (χ4n) is 2.75. The van der Waals surface area contributed by atoms with Gasteiger partial charge in [-0.25, -0.2) is 9.59 Å². The maximum absolute atomic E-state index is 12.1. The minimum Gasteiger partial charge on any atom is -0.456 e. The topological polar surface area (TPSA) is 72.9 Å². The lowest BCUT2D eigenvalue weighted by molar-refractivity contribution is -0.145. The molecule has 2 rings (SSSR count). The van der Waals surface area contributed by atoms with Gasteiger partial charge in [0.1, 0.15) is 11.7 Å². The van der Waals surface area contributed by atoms with Gasteiger partial charge in [0.15, 0.2) is 0 Å². The zero-order chi connectivity index (χ0) is 18.6. The van der Waals surface area contributed by atoms with Crippen molar-refractivity contribution in [2.24, 2.45) is 0 Å². The van der Waals surface area contributed by atoms with Gasteiger partial charge in [-0.3, -0.25) is 4.79 Å². The van der Waals surface area contributed by atoms with Crippen LogP contribution in [0.25, 0.3) is 0 Å². The number of ketones is 1. The van der Waals surface area contributed by atoms with Crippen LogP contribution in [0.5, 0.6) is 0 Å². The van der Waals surface area contributed by atoms with Gasteiger partial charge >= 0.3 is 12.1 Å². The Morgan fingerprint density at radius 1 is 1.16 bits per heavy atom. The van der Waals surface area contributed by atoms with Crippen LogP contribution in [0.4, 0.5) is 4.79 Å². The van der Waals surface area contributed by atoms with Crippen LogP contribution in [0.1, 0.15) is 56.1 Å². The van der Waals surface area contributed by atoms with Crippen molar-refractivity contribution >= 4 is 29.2 Å². The monoisotopic (exact) mass is 367 g/mol. The van der Waals surface area contributed by atoms with E-state index in [1.54, 1.807) is 29.5 Å². The molecule has 7 heteroatoms. The third-order valence-electron chi connectivity index (χ3n) is 4.08. The van der Waals surface area contributed by atoms with Gasteiger partial charge < -0.3 is 14.4 Å². The van der Waals surface area contributed by atoms with Crippen LogP contribution >= 0.6 is 11.3 Å². The van der Waals surface area contributed by atoms with E-state index < -0.39 is 17.4 Å². The molecule has 0 aromatic carbocycles. The van der Waals surface area contributed by atoms with E-state index in [-0.39, 0.29) is 18.2 Å². The molecular weight excluding hydrogens is 342 g/mol. The Hall–Kier alpha value is -1.89. The van der Waals surface area contributed by atoms with Gasteiger partial charge in [0.2, 0.25) is 0 Å². The number of amides is 1. The lowest BCUT2D eigenvalue weighted by atomic mass is 9.92. The number of ether oxygens (including phenoxy) is 2. The van der Waals surface area contributed by atoms with Gasteiger partial charge in [0.25, 0.3) is 5.78 Å². The maximum Gasteiger partial charge on any atom is 0.410 e. The molecule has 138 valence electrons. The molecule has 0 N–H and O–H groups in total. The molecule has 0 spiro atoms. The number of nitrogens with zero attached hydrogens (tertiary/aromatic N) is 1. The summed E-state index contributed by atoms with van der Waals surface area (Å²) in [6.07, 6.45) is 2.05. The van der Waals surface area contributed by atoms with Crippen LogP contribution in [-0.2, 0) is 14.3 Å². The van der Waals surface area contributed by atoms with Crippen molar-refractivity contribution in [3.05, 3.63) is 22.4 Å². The molecule has 1 amide bonds. The number of Topliss-reactive ketones (excluding diaryl/α,β-unsaturated/α-hetero) is 1. The van der Waals surface area contributed by atoms with Crippen LogP contribution < -0.4 is 0 Å². The zero-order valence-corrected chi connectivity index (χ0v) is 15.9. The highest BCUT2D eigenvalue weighted by Gasteiger charge is 2.31.